The van der Waals surface area contributed by atoms with Gasteiger partial charge in [-0.3, -0.25) is 14.9 Å². The average molecular weight is 434 g/mol. The zero-order valence-electron chi connectivity index (χ0n) is 20.7. The summed E-state index contributed by atoms with van der Waals surface area (Å²) >= 11 is 0. The van der Waals surface area contributed by atoms with Gasteiger partial charge in [0.05, 0.1) is 0 Å². The summed E-state index contributed by atoms with van der Waals surface area (Å²) < 4.78 is 0. The number of hydrogen-bond acceptors (Lipinski definition) is 2. The highest BCUT2D eigenvalue weighted by Gasteiger charge is 2.19. The van der Waals surface area contributed by atoms with E-state index in [-0.39, 0.29) is 11.8 Å². The van der Waals surface area contributed by atoms with Crippen LogP contribution >= 0.6 is 0 Å². The summed E-state index contributed by atoms with van der Waals surface area (Å²) in [5.41, 5.74) is 0.665. The molecule has 0 aromatic heterocycles. The molecule has 1 aliphatic heterocycles. The fraction of sp³-hybridized carbons (Fsp3) is 0.857. The normalized spacial score (nSPS) is 13.6. The van der Waals surface area contributed by atoms with Crippen LogP contribution in [-0.2, 0) is 9.59 Å². The second-order valence-electron chi connectivity index (χ2n) is 9.66. The maximum atomic E-state index is 11.4. The van der Waals surface area contributed by atoms with E-state index >= 15 is 0 Å². The van der Waals surface area contributed by atoms with Crippen molar-refractivity contribution in [3.05, 3.63) is 11.6 Å². The lowest BCUT2D eigenvalue weighted by molar-refractivity contribution is -0.123. The first-order valence-electron chi connectivity index (χ1n) is 13.8. The lowest BCUT2D eigenvalue weighted by atomic mass is 10.0. The molecule has 1 N–H and O–H groups in total. The van der Waals surface area contributed by atoms with Crippen LogP contribution in [0.1, 0.15) is 155 Å². The molecule has 0 saturated heterocycles. The van der Waals surface area contributed by atoms with E-state index in [4.69, 9.17) is 0 Å². The van der Waals surface area contributed by atoms with E-state index in [2.05, 4.69) is 12.2 Å². The van der Waals surface area contributed by atoms with Crippen LogP contribution in [0.5, 0.6) is 0 Å². The molecule has 0 saturated carbocycles. The summed E-state index contributed by atoms with van der Waals surface area (Å²) in [5, 5.41) is 2.31. The molecule has 1 rings (SSSR count). The Hall–Kier alpha value is -1.12. The number of carbonyl (C=O) groups is 2. The molecular formula is C28H51NO2. The molecule has 3 nitrogen and oxygen atoms in total. The Morgan fingerprint density at radius 3 is 1.13 bits per heavy atom. The Kier molecular flexibility index (Phi) is 18.7. The van der Waals surface area contributed by atoms with Gasteiger partial charge in [0.2, 0.25) is 0 Å². The summed E-state index contributed by atoms with van der Waals surface area (Å²) in [4.78, 5) is 22.5. The van der Waals surface area contributed by atoms with Gasteiger partial charge in [-0.2, -0.15) is 0 Å². The second-order valence-corrected chi connectivity index (χ2v) is 9.66. The van der Waals surface area contributed by atoms with Crippen LogP contribution in [0.15, 0.2) is 11.6 Å². The predicted octanol–water partition coefficient (Wildman–Crippen LogP) is 8.56. The molecule has 180 valence electrons. The molecule has 31 heavy (non-hydrogen) atoms. The van der Waals surface area contributed by atoms with Crippen molar-refractivity contribution in [1.82, 2.24) is 5.32 Å². The minimum atomic E-state index is -0.251. The highest BCUT2D eigenvalue weighted by Crippen LogP contribution is 2.17. The molecular weight excluding hydrogens is 382 g/mol. The molecule has 0 aromatic carbocycles. The van der Waals surface area contributed by atoms with Crippen molar-refractivity contribution in [2.45, 2.75) is 155 Å². The molecule has 3 heteroatoms. The number of unbranched alkanes of at least 4 members (excludes halogenated alkanes) is 21. The minimum absolute atomic E-state index is 0.187. The third kappa shape index (κ3) is 17.2. The van der Waals surface area contributed by atoms with Gasteiger partial charge in [0.1, 0.15) is 0 Å². The molecule has 0 unspecified atom stereocenters. The van der Waals surface area contributed by atoms with Gasteiger partial charge in [0, 0.05) is 11.6 Å². The Morgan fingerprint density at radius 2 is 0.839 bits per heavy atom. The quantitative estimate of drug-likeness (QED) is 0.129. The molecule has 1 heterocycles. The van der Waals surface area contributed by atoms with Crippen molar-refractivity contribution >= 4 is 11.8 Å². The summed E-state index contributed by atoms with van der Waals surface area (Å²) in [6.45, 7) is 2.29. The van der Waals surface area contributed by atoms with Crippen LogP contribution in [0.25, 0.3) is 0 Å². The number of nitrogens with one attached hydrogen (secondary N) is 1. The topological polar surface area (TPSA) is 46.2 Å². The van der Waals surface area contributed by atoms with E-state index < -0.39 is 0 Å². The van der Waals surface area contributed by atoms with E-state index in [9.17, 15) is 9.59 Å². The standard InChI is InChI=1S/C28H51NO2/c1-2-3-4-5-6-7-8-9-10-11-12-13-14-15-16-17-18-19-20-21-22-23-24-26-25-27(30)29-28(26)31/h25H,2-24H2,1H3,(H,29,30,31). The molecule has 0 fully saturated rings. The van der Waals surface area contributed by atoms with Gasteiger partial charge in [-0.25, -0.2) is 0 Å². The fourth-order valence-electron chi connectivity index (χ4n) is 4.56. The third-order valence-electron chi connectivity index (χ3n) is 6.63. The zero-order valence-corrected chi connectivity index (χ0v) is 20.7. The monoisotopic (exact) mass is 433 g/mol. The molecule has 0 bridgehead atoms. The first kappa shape index (κ1) is 27.9. The van der Waals surface area contributed by atoms with E-state index in [1.807, 2.05) is 0 Å². The molecule has 2 amide bonds. The molecule has 0 aromatic rings. The van der Waals surface area contributed by atoms with Crippen LogP contribution in [0.2, 0.25) is 0 Å². The molecule has 0 atom stereocenters. The van der Waals surface area contributed by atoms with Crippen LogP contribution in [0.3, 0.4) is 0 Å². The van der Waals surface area contributed by atoms with Crippen molar-refractivity contribution in [3.8, 4) is 0 Å². The Balaban J connectivity index is 1.68. The highest BCUT2D eigenvalue weighted by molar-refractivity contribution is 6.16. The SMILES string of the molecule is CCCCCCCCCCCCCCCCCCCCCCCCC1=CC(=O)NC1=O. The highest BCUT2D eigenvalue weighted by atomic mass is 16.2. The van der Waals surface area contributed by atoms with Gasteiger partial charge in [-0.1, -0.05) is 142 Å². The summed E-state index contributed by atoms with van der Waals surface area (Å²) in [6, 6.07) is 0. The Labute approximate surface area is 193 Å². The van der Waals surface area contributed by atoms with E-state index in [0.29, 0.717) is 5.57 Å². The van der Waals surface area contributed by atoms with E-state index in [1.54, 1.807) is 0 Å². The van der Waals surface area contributed by atoms with Crippen molar-refractivity contribution < 1.29 is 9.59 Å². The summed E-state index contributed by atoms with van der Waals surface area (Å²) in [5.74, 6) is -0.438. The smallest absolute Gasteiger partial charge is 0.254 e. The maximum absolute atomic E-state index is 11.4. The van der Waals surface area contributed by atoms with Gasteiger partial charge in [-0.05, 0) is 12.8 Å². The summed E-state index contributed by atoms with van der Waals surface area (Å²) in [7, 11) is 0. The number of amides is 2. The number of hydrogen-bond donors (Lipinski definition) is 1. The fourth-order valence-corrected chi connectivity index (χ4v) is 4.56. The van der Waals surface area contributed by atoms with Gasteiger partial charge >= 0.3 is 0 Å². The van der Waals surface area contributed by atoms with Crippen molar-refractivity contribution in [3.63, 3.8) is 0 Å². The van der Waals surface area contributed by atoms with Crippen molar-refractivity contribution in [2.75, 3.05) is 0 Å². The van der Waals surface area contributed by atoms with Gasteiger partial charge in [-0.15, -0.1) is 0 Å². The molecule has 0 aliphatic carbocycles. The lowest BCUT2D eigenvalue weighted by Gasteiger charge is -2.04. The first-order valence-corrected chi connectivity index (χ1v) is 13.8. The van der Waals surface area contributed by atoms with Crippen LogP contribution < -0.4 is 5.32 Å². The maximum Gasteiger partial charge on any atom is 0.254 e. The largest absolute Gasteiger partial charge is 0.289 e. The van der Waals surface area contributed by atoms with Crippen LogP contribution in [0, 0.1) is 0 Å². The number of imide groups is 1. The van der Waals surface area contributed by atoms with E-state index in [1.165, 1.54) is 134 Å². The molecule has 0 radical (unpaired) electrons. The molecule has 1 aliphatic rings. The van der Waals surface area contributed by atoms with Crippen LogP contribution in [-0.4, -0.2) is 11.8 Å². The van der Waals surface area contributed by atoms with Gasteiger partial charge in [0.25, 0.3) is 11.8 Å². The Bertz CT molecular complexity index is 483. The number of carbonyl (C=O) groups excluding carboxylic acids is 2. The number of rotatable bonds is 23. The van der Waals surface area contributed by atoms with Gasteiger partial charge < -0.3 is 0 Å². The van der Waals surface area contributed by atoms with Gasteiger partial charge in [0.15, 0.2) is 0 Å². The van der Waals surface area contributed by atoms with E-state index in [0.717, 1.165) is 19.3 Å². The van der Waals surface area contributed by atoms with Crippen LogP contribution in [0.4, 0.5) is 0 Å². The second kappa shape index (κ2) is 20.8. The first-order chi connectivity index (χ1) is 15.2. The van der Waals surface area contributed by atoms with Crippen molar-refractivity contribution in [1.29, 1.82) is 0 Å². The lowest BCUT2D eigenvalue weighted by Crippen LogP contribution is -2.22. The third-order valence-corrected chi connectivity index (χ3v) is 6.63. The molecule has 0 spiro atoms. The zero-order chi connectivity index (χ0) is 22.4. The minimum Gasteiger partial charge on any atom is -0.289 e. The average Bonchev–Trinajstić information content (AvgIpc) is 3.08. The summed E-state index contributed by atoms with van der Waals surface area (Å²) in [6.07, 6.45) is 32.7. The Morgan fingerprint density at radius 1 is 0.516 bits per heavy atom. The van der Waals surface area contributed by atoms with Crippen molar-refractivity contribution in [2.24, 2.45) is 0 Å². The predicted molar refractivity (Wildman–Crippen MR) is 133 cm³/mol.